The topological polar surface area (TPSA) is 0 Å². The fraction of sp³-hybridized carbons (Fsp3) is 0.280. The molecule has 1 fully saturated rings. The molecule has 2 aliphatic rings. The summed E-state index contributed by atoms with van der Waals surface area (Å²) in [6, 6.07) is 22.4. The van der Waals surface area contributed by atoms with Crippen molar-refractivity contribution in [3.63, 3.8) is 0 Å². The van der Waals surface area contributed by atoms with Crippen molar-refractivity contribution in [1.82, 2.24) is 0 Å². The molecule has 3 aromatic carbocycles. The molecule has 0 saturated heterocycles. The molecule has 124 valence electrons. The second-order valence-electron chi connectivity index (χ2n) is 7.67. The summed E-state index contributed by atoms with van der Waals surface area (Å²) in [7, 11) is 0. The highest BCUT2D eigenvalue weighted by atomic mass is 14.3. The van der Waals surface area contributed by atoms with Crippen LogP contribution >= 0.6 is 0 Å². The van der Waals surface area contributed by atoms with Crippen molar-refractivity contribution in [1.29, 1.82) is 0 Å². The summed E-state index contributed by atoms with van der Waals surface area (Å²) in [4.78, 5) is 0. The lowest BCUT2D eigenvalue weighted by Gasteiger charge is -2.23. The van der Waals surface area contributed by atoms with E-state index in [4.69, 9.17) is 0 Å². The van der Waals surface area contributed by atoms with Gasteiger partial charge in [-0.1, -0.05) is 85.5 Å². The van der Waals surface area contributed by atoms with Crippen molar-refractivity contribution in [3.05, 3.63) is 77.4 Å². The van der Waals surface area contributed by atoms with Crippen LogP contribution in [0.4, 0.5) is 0 Å². The number of hydrogen-bond donors (Lipinski definition) is 0. The van der Waals surface area contributed by atoms with Crippen LogP contribution in [0.2, 0.25) is 0 Å². The van der Waals surface area contributed by atoms with Crippen LogP contribution in [-0.4, -0.2) is 0 Å². The van der Waals surface area contributed by atoms with Gasteiger partial charge in [0, 0.05) is 0 Å². The summed E-state index contributed by atoms with van der Waals surface area (Å²) < 4.78 is 0. The van der Waals surface area contributed by atoms with Gasteiger partial charge < -0.3 is 0 Å². The predicted octanol–water partition coefficient (Wildman–Crippen LogP) is 7.03. The van der Waals surface area contributed by atoms with Crippen LogP contribution in [-0.2, 0) is 6.42 Å². The predicted molar refractivity (Wildman–Crippen MR) is 108 cm³/mol. The number of hydrogen-bond acceptors (Lipinski definition) is 0. The Balaban J connectivity index is 1.52. The molecule has 3 aromatic rings. The molecule has 0 N–H and O–H groups in total. The molecule has 0 heterocycles. The summed E-state index contributed by atoms with van der Waals surface area (Å²) in [6.07, 6.45) is 10.7. The SMILES string of the molecule is C1=C(C2CCCCC2)Cc2c1cccc2-c1ccc2ccccc2c1. The van der Waals surface area contributed by atoms with Gasteiger partial charge in [0.05, 0.1) is 0 Å². The molecule has 5 rings (SSSR count). The van der Waals surface area contributed by atoms with Gasteiger partial charge in [0.25, 0.3) is 0 Å². The molecule has 1 saturated carbocycles. The molecule has 0 radical (unpaired) electrons. The van der Waals surface area contributed by atoms with Crippen LogP contribution in [0.25, 0.3) is 28.0 Å². The van der Waals surface area contributed by atoms with Crippen molar-refractivity contribution < 1.29 is 0 Å². The van der Waals surface area contributed by atoms with Crippen molar-refractivity contribution >= 4 is 16.8 Å². The summed E-state index contributed by atoms with van der Waals surface area (Å²) in [6.45, 7) is 0. The summed E-state index contributed by atoms with van der Waals surface area (Å²) in [5.41, 5.74) is 7.45. The van der Waals surface area contributed by atoms with E-state index in [0.717, 1.165) is 12.3 Å². The van der Waals surface area contributed by atoms with Crippen molar-refractivity contribution in [3.8, 4) is 11.1 Å². The second-order valence-corrected chi connectivity index (χ2v) is 7.67. The van der Waals surface area contributed by atoms with Crippen molar-refractivity contribution in [2.45, 2.75) is 38.5 Å². The van der Waals surface area contributed by atoms with Crippen LogP contribution in [0.15, 0.2) is 66.2 Å². The molecule has 0 spiro atoms. The maximum atomic E-state index is 2.50. The first kappa shape index (κ1) is 15.0. The fourth-order valence-electron chi connectivity index (χ4n) is 4.75. The largest absolute Gasteiger partial charge is 0.0621 e. The first-order valence-electron chi connectivity index (χ1n) is 9.70. The molecule has 0 unspecified atom stereocenters. The highest BCUT2D eigenvalue weighted by Crippen LogP contribution is 2.40. The van der Waals surface area contributed by atoms with Gasteiger partial charge in [0.1, 0.15) is 0 Å². The van der Waals surface area contributed by atoms with E-state index in [1.807, 2.05) is 0 Å². The highest BCUT2D eigenvalue weighted by molar-refractivity contribution is 5.89. The zero-order chi connectivity index (χ0) is 16.6. The molecule has 0 atom stereocenters. The van der Waals surface area contributed by atoms with Gasteiger partial charge in [-0.15, -0.1) is 0 Å². The third kappa shape index (κ3) is 2.70. The minimum absolute atomic E-state index is 0.825. The molecule has 0 aromatic heterocycles. The molecular formula is C25H24. The van der Waals surface area contributed by atoms with Gasteiger partial charge in [-0.2, -0.15) is 0 Å². The van der Waals surface area contributed by atoms with Gasteiger partial charge in [-0.25, -0.2) is 0 Å². The Bertz CT molecular complexity index is 955. The third-order valence-electron chi connectivity index (χ3n) is 6.12. The lowest BCUT2D eigenvalue weighted by Crippen LogP contribution is -2.09. The van der Waals surface area contributed by atoms with Crippen LogP contribution in [0, 0.1) is 5.92 Å². The monoisotopic (exact) mass is 324 g/mol. The molecule has 0 aliphatic heterocycles. The minimum atomic E-state index is 0.825. The standard InChI is InChI=1S/C25H24/c1-2-7-18(8-3-1)23-16-21-11-6-12-24(25(21)17-23)22-14-13-19-9-4-5-10-20(19)15-22/h4-6,9-16,18H,1-3,7-8,17H2. The Hall–Kier alpha value is -2.34. The molecule has 0 nitrogen and oxygen atoms in total. The van der Waals surface area contributed by atoms with Crippen LogP contribution in [0.1, 0.15) is 43.2 Å². The van der Waals surface area contributed by atoms with Crippen LogP contribution in [0.3, 0.4) is 0 Å². The van der Waals surface area contributed by atoms with Gasteiger partial charge >= 0.3 is 0 Å². The molecule has 25 heavy (non-hydrogen) atoms. The number of benzene rings is 3. The average Bonchev–Trinajstić information content (AvgIpc) is 3.13. The number of allylic oxidation sites excluding steroid dienone is 1. The zero-order valence-corrected chi connectivity index (χ0v) is 14.7. The lowest BCUT2D eigenvalue weighted by molar-refractivity contribution is 0.401. The maximum absolute atomic E-state index is 2.50. The number of rotatable bonds is 2. The Kier molecular flexibility index (Phi) is 3.70. The van der Waals surface area contributed by atoms with Crippen molar-refractivity contribution in [2.24, 2.45) is 5.92 Å². The zero-order valence-electron chi connectivity index (χ0n) is 14.7. The lowest BCUT2D eigenvalue weighted by atomic mass is 9.82. The highest BCUT2D eigenvalue weighted by Gasteiger charge is 2.24. The van der Waals surface area contributed by atoms with E-state index in [0.29, 0.717) is 0 Å². The molecule has 2 aliphatic carbocycles. The number of fused-ring (bicyclic) bond motifs is 2. The smallest absolute Gasteiger partial charge is 0.00489 e. The molecule has 0 heteroatoms. The van der Waals surface area contributed by atoms with E-state index >= 15 is 0 Å². The first-order valence-corrected chi connectivity index (χ1v) is 9.70. The van der Waals surface area contributed by atoms with Crippen LogP contribution in [0.5, 0.6) is 0 Å². The van der Waals surface area contributed by atoms with Crippen LogP contribution < -0.4 is 0 Å². The van der Waals surface area contributed by atoms with E-state index in [1.54, 1.807) is 11.1 Å². The minimum Gasteiger partial charge on any atom is -0.0621 e. The van der Waals surface area contributed by atoms with Gasteiger partial charge in [-0.05, 0) is 64.3 Å². The molecule has 0 amide bonds. The first-order chi connectivity index (χ1) is 12.4. The Morgan fingerprint density at radius 2 is 1.56 bits per heavy atom. The quantitative estimate of drug-likeness (QED) is 0.475. The van der Waals surface area contributed by atoms with Gasteiger partial charge in [0.2, 0.25) is 0 Å². The van der Waals surface area contributed by atoms with Crippen molar-refractivity contribution in [2.75, 3.05) is 0 Å². The molecule has 0 bridgehead atoms. The average molecular weight is 324 g/mol. The third-order valence-corrected chi connectivity index (χ3v) is 6.12. The Morgan fingerprint density at radius 3 is 2.44 bits per heavy atom. The second kappa shape index (κ2) is 6.19. The fourth-order valence-corrected chi connectivity index (χ4v) is 4.75. The van der Waals surface area contributed by atoms with E-state index in [1.165, 1.54) is 59.6 Å². The maximum Gasteiger partial charge on any atom is -0.00489 e. The van der Waals surface area contributed by atoms with E-state index in [9.17, 15) is 0 Å². The summed E-state index contributed by atoms with van der Waals surface area (Å²) in [5, 5.41) is 2.65. The van der Waals surface area contributed by atoms with E-state index in [2.05, 4.69) is 66.7 Å². The van der Waals surface area contributed by atoms with E-state index in [-0.39, 0.29) is 0 Å². The summed E-state index contributed by atoms with van der Waals surface area (Å²) >= 11 is 0. The molecular weight excluding hydrogens is 300 g/mol. The van der Waals surface area contributed by atoms with E-state index < -0.39 is 0 Å². The summed E-state index contributed by atoms with van der Waals surface area (Å²) in [5.74, 6) is 0.825. The Labute approximate surface area is 150 Å². The normalized spacial score (nSPS) is 17.5. The van der Waals surface area contributed by atoms with Gasteiger partial charge in [-0.3, -0.25) is 0 Å². The van der Waals surface area contributed by atoms with Gasteiger partial charge in [0.15, 0.2) is 0 Å². The Morgan fingerprint density at radius 1 is 0.720 bits per heavy atom.